The van der Waals surface area contributed by atoms with E-state index >= 15 is 0 Å². The highest BCUT2D eigenvalue weighted by atomic mass is 16.5. The van der Waals surface area contributed by atoms with Crippen molar-refractivity contribution in [2.75, 3.05) is 29.1 Å². The quantitative estimate of drug-likeness (QED) is 0.432. The number of carbonyl (C=O) groups excluding carboxylic acids is 3. The van der Waals surface area contributed by atoms with Crippen LogP contribution in [-0.4, -0.2) is 30.9 Å². The van der Waals surface area contributed by atoms with Gasteiger partial charge >= 0.3 is 5.97 Å². The zero-order valence-corrected chi connectivity index (χ0v) is 17.8. The number of benzene rings is 3. The maximum atomic E-state index is 12.3. The van der Waals surface area contributed by atoms with Crippen molar-refractivity contribution in [1.82, 2.24) is 0 Å². The monoisotopic (exact) mass is 431 g/mol. The lowest BCUT2D eigenvalue weighted by molar-refractivity contribution is -0.114. The Labute approximate surface area is 186 Å². The summed E-state index contributed by atoms with van der Waals surface area (Å²) in [6.07, 6.45) is 0.759. The van der Waals surface area contributed by atoms with Crippen LogP contribution in [0.4, 0.5) is 17.1 Å². The molecule has 0 atom stereocenters. The Bertz CT molecular complexity index is 1070. The van der Waals surface area contributed by atoms with Crippen LogP contribution >= 0.6 is 0 Å². The zero-order chi connectivity index (χ0) is 22.8. The Morgan fingerprint density at radius 1 is 0.750 bits per heavy atom. The Morgan fingerprint density at radius 3 is 2.19 bits per heavy atom. The first kappa shape index (κ1) is 22.6. The van der Waals surface area contributed by atoms with Gasteiger partial charge in [0.05, 0.1) is 18.7 Å². The lowest BCUT2D eigenvalue weighted by Crippen LogP contribution is -2.21. The van der Waals surface area contributed by atoms with Gasteiger partial charge in [-0.3, -0.25) is 9.59 Å². The highest BCUT2D eigenvalue weighted by Gasteiger charge is 2.09. The van der Waals surface area contributed by atoms with Crippen LogP contribution in [0.25, 0.3) is 0 Å². The molecule has 0 bridgehead atoms. The standard InChI is InChI=1S/C25H25N3O4/c1-2-15-32-25(31)19-11-13-20(14-12-19)27-23(29)17-26-21-9-6-10-22(16-21)28-24(30)18-7-4-3-5-8-18/h3-14,16,26H,2,15,17H2,1H3,(H,27,29)(H,28,30). The SMILES string of the molecule is CCCOC(=O)c1ccc(NC(=O)CNc2cccc(NC(=O)c3ccccc3)c2)cc1. The van der Waals surface area contributed by atoms with Crippen molar-refractivity contribution in [2.45, 2.75) is 13.3 Å². The van der Waals surface area contributed by atoms with Gasteiger partial charge < -0.3 is 20.7 Å². The van der Waals surface area contributed by atoms with Gasteiger partial charge in [-0.15, -0.1) is 0 Å². The van der Waals surface area contributed by atoms with Gasteiger partial charge in [-0.2, -0.15) is 0 Å². The molecule has 0 aliphatic heterocycles. The van der Waals surface area contributed by atoms with Crippen molar-refractivity contribution < 1.29 is 19.1 Å². The maximum Gasteiger partial charge on any atom is 0.338 e. The number of hydrogen-bond donors (Lipinski definition) is 3. The van der Waals surface area contributed by atoms with Gasteiger partial charge in [-0.05, 0) is 61.0 Å². The summed E-state index contributed by atoms with van der Waals surface area (Å²) in [4.78, 5) is 36.4. The van der Waals surface area contributed by atoms with Crippen LogP contribution in [0.5, 0.6) is 0 Å². The lowest BCUT2D eigenvalue weighted by atomic mass is 10.2. The van der Waals surface area contributed by atoms with E-state index in [0.717, 1.165) is 6.42 Å². The van der Waals surface area contributed by atoms with Gasteiger partial charge in [0.2, 0.25) is 5.91 Å². The van der Waals surface area contributed by atoms with E-state index in [1.54, 1.807) is 66.7 Å². The molecule has 32 heavy (non-hydrogen) atoms. The van der Waals surface area contributed by atoms with Crippen LogP contribution in [0.1, 0.15) is 34.1 Å². The largest absolute Gasteiger partial charge is 0.462 e. The Balaban J connectivity index is 1.50. The fraction of sp³-hybridized carbons (Fsp3) is 0.160. The molecule has 0 spiro atoms. The molecule has 0 saturated heterocycles. The molecule has 0 aliphatic carbocycles. The summed E-state index contributed by atoms with van der Waals surface area (Å²) in [5, 5.41) is 8.64. The molecule has 3 aromatic rings. The molecule has 3 rings (SSSR count). The van der Waals surface area contributed by atoms with E-state index in [4.69, 9.17) is 4.74 Å². The molecule has 0 fully saturated rings. The molecule has 3 N–H and O–H groups in total. The number of amides is 2. The summed E-state index contributed by atoms with van der Waals surface area (Å²) in [5.41, 5.74) is 2.89. The fourth-order valence-corrected chi connectivity index (χ4v) is 2.85. The highest BCUT2D eigenvalue weighted by Crippen LogP contribution is 2.16. The molecular weight excluding hydrogens is 406 g/mol. The predicted octanol–water partition coefficient (Wildman–Crippen LogP) is 4.56. The summed E-state index contributed by atoms with van der Waals surface area (Å²) < 4.78 is 5.08. The molecule has 0 saturated carbocycles. The predicted molar refractivity (Wildman–Crippen MR) is 125 cm³/mol. The van der Waals surface area contributed by atoms with Crippen molar-refractivity contribution in [2.24, 2.45) is 0 Å². The minimum atomic E-state index is -0.384. The summed E-state index contributed by atoms with van der Waals surface area (Å²) in [7, 11) is 0. The zero-order valence-electron chi connectivity index (χ0n) is 17.8. The Hall–Kier alpha value is -4.13. The van der Waals surface area contributed by atoms with Crippen LogP contribution in [0.3, 0.4) is 0 Å². The molecule has 7 nitrogen and oxygen atoms in total. The first-order valence-electron chi connectivity index (χ1n) is 10.3. The smallest absolute Gasteiger partial charge is 0.338 e. The van der Waals surface area contributed by atoms with E-state index in [0.29, 0.717) is 34.8 Å². The molecule has 0 aromatic heterocycles. The van der Waals surface area contributed by atoms with E-state index in [2.05, 4.69) is 16.0 Å². The number of carbonyl (C=O) groups is 3. The fourth-order valence-electron chi connectivity index (χ4n) is 2.85. The van der Waals surface area contributed by atoms with Crippen LogP contribution in [0.15, 0.2) is 78.9 Å². The normalized spacial score (nSPS) is 10.2. The van der Waals surface area contributed by atoms with Crippen LogP contribution < -0.4 is 16.0 Å². The Morgan fingerprint density at radius 2 is 1.47 bits per heavy atom. The average Bonchev–Trinajstić information content (AvgIpc) is 2.82. The second kappa shape index (κ2) is 11.3. The molecule has 0 heterocycles. The van der Waals surface area contributed by atoms with Gasteiger partial charge in [-0.1, -0.05) is 31.2 Å². The van der Waals surface area contributed by atoms with E-state index in [1.807, 2.05) is 19.1 Å². The minimum absolute atomic E-state index is 0.0381. The van der Waals surface area contributed by atoms with Crippen molar-refractivity contribution in [1.29, 1.82) is 0 Å². The van der Waals surface area contributed by atoms with Crippen molar-refractivity contribution in [3.05, 3.63) is 90.0 Å². The molecule has 2 amide bonds. The molecule has 0 radical (unpaired) electrons. The number of nitrogens with one attached hydrogen (secondary N) is 3. The van der Waals surface area contributed by atoms with Crippen LogP contribution in [-0.2, 0) is 9.53 Å². The van der Waals surface area contributed by atoms with Crippen LogP contribution in [0.2, 0.25) is 0 Å². The van der Waals surface area contributed by atoms with E-state index in [1.165, 1.54) is 0 Å². The van der Waals surface area contributed by atoms with Gasteiger partial charge in [0.15, 0.2) is 0 Å². The summed E-state index contributed by atoms with van der Waals surface area (Å²) in [5.74, 6) is -0.835. The van der Waals surface area contributed by atoms with Gasteiger partial charge in [0, 0.05) is 22.6 Å². The summed E-state index contributed by atoms with van der Waals surface area (Å²) in [6.45, 7) is 2.34. The average molecular weight is 431 g/mol. The van der Waals surface area contributed by atoms with Crippen LogP contribution in [0, 0.1) is 0 Å². The Kier molecular flexibility index (Phi) is 7.97. The lowest BCUT2D eigenvalue weighted by Gasteiger charge is -2.10. The third kappa shape index (κ3) is 6.70. The minimum Gasteiger partial charge on any atom is -0.462 e. The first-order chi connectivity index (χ1) is 15.5. The number of anilines is 3. The van der Waals surface area contributed by atoms with Gasteiger partial charge in [0.1, 0.15) is 0 Å². The molecule has 7 heteroatoms. The second-order valence-corrected chi connectivity index (χ2v) is 7.02. The number of rotatable bonds is 9. The van der Waals surface area contributed by atoms with E-state index in [-0.39, 0.29) is 24.3 Å². The highest BCUT2D eigenvalue weighted by molar-refractivity contribution is 6.04. The summed E-state index contributed by atoms with van der Waals surface area (Å²) in [6, 6.07) is 22.6. The van der Waals surface area contributed by atoms with E-state index < -0.39 is 0 Å². The second-order valence-electron chi connectivity index (χ2n) is 7.02. The van der Waals surface area contributed by atoms with E-state index in [9.17, 15) is 14.4 Å². The third-order valence-corrected chi connectivity index (χ3v) is 4.45. The van der Waals surface area contributed by atoms with Crippen molar-refractivity contribution >= 4 is 34.8 Å². The van der Waals surface area contributed by atoms with Crippen molar-refractivity contribution in [3.63, 3.8) is 0 Å². The molecular formula is C25H25N3O4. The summed E-state index contributed by atoms with van der Waals surface area (Å²) >= 11 is 0. The number of ether oxygens (including phenoxy) is 1. The molecule has 164 valence electrons. The topological polar surface area (TPSA) is 96.5 Å². The number of esters is 1. The first-order valence-corrected chi connectivity index (χ1v) is 10.3. The van der Waals surface area contributed by atoms with Gasteiger partial charge in [0.25, 0.3) is 5.91 Å². The maximum absolute atomic E-state index is 12.3. The molecule has 0 unspecified atom stereocenters. The third-order valence-electron chi connectivity index (χ3n) is 4.45. The number of hydrogen-bond acceptors (Lipinski definition) is 5. The van der Waals surface area contributed by atoms with Crippen molar-refractivity contribution in [3.8, 4) is 0 Å². The molecule has 0 aliphatic rings. The molecule has 3 aromatic carbocycles. The van der Waals surface area contributed by atoms with Gasteiger partial charge in [-0.25, -0.2) is 4.79 Å².